The zero-order valence-electron chi connectivity index (χ0n) is 24.2. The van der Waals surface area contributed by atoms with Crippen LogP contribution in [0.5, 0.6) is 0 Å². The normalized spacial score (nSPS) is 12.7. The van der Waals surface area contributed by atoms with Gasteiger partial charge in [-0.25, -0.2) is 4.98 Å². The first-order chi connectivity index (χ1) is 20.5. The van der Waals surface area contributed by atoms with Gasteiger partial charge < -0.3 is 15.1 Å². The monoisotopic (exact) mass is 590 g/mol. The van der Waals surface area contributed by atoms with Crippen molar-refractivity contribution in [3.63, 3.8) is 0 Å². The molecule has 0 fully saturated rings. The van der Waals surface area contributed by atoms with E-state index >= 15 is 0 Å². The lowest BCUT2D eigenvalue weighted by Crippen LogP contribution is -2.42. The zero-order valence-corrected chi connectivity index (χ0v) is 24.2. The molecular formula is C33H33F3N4O3. The second-order valence-electron chi connectivity index (χ2n) is 11.0. The molecule has 1 amide bonds. The Morgan fingerprint density at radius 3 is 2.37 bits per heavy atom. The van der Waals surface area contributed by atoms with Gasteiger partial charge in [0.25, 0.3) is 11.5 Å². The predicted octanol–water partition coefficient (Wildman–Crippen LogP) is 6.71. The van der Waals surface area contributed by atoms with Crippen LogP contribution in [0.1, 0.15) is 59.2 Å². The van der Waals surface area contributed by atoms with Crippen molar-refractivity contribution >= 4 is 28.0 Å². The van der Waals surface area contributed by atoms with Crippen LogP contribution in [-0.2, 0) is 12.7 Å². The molecule has 0 radical (unpaired) electrons. The van der Waals surface area contributed by atoms with Gasteiger partial charge in [-0.05, 0) is 61.7 Å². The van der Waals surface area contributed by atoms with Gasteiger partial charge in [-0.2, -0.15) is 13.2 Å². The summed E-state index contributed by atoms with van der Waals surface area (Å²) in [7, 11) is 0. The van der Waals surface area contributed by atoms with Gasteiger partial charge in [0, 0.05) is 17.5 Å². The van der Waals surface area contributed by atoms with Crippen LogP contribution in [0.15, 0.2) is 82.0 Å². The summed E-state index contributed by atoms with van der Waals surface area (Å²) >= 11 is 0. The molecule has 0 aliphatic rings. The number of nitrogens with zero attached hydrogens (tertiary/aromatic N) is 3. The van der Waals surface area contributed by atoms with E-state index in [-0.39, 0.29) is 52.8 Å². The molecule has 0 bridgehead atoms. The molecule has 0 saturated carbocycles. The van der Waals surface area contributed by atoms with E-state index in [1.807, 2.05) is 63.2 Å². The van der Waals surface area contributed by atoms with Crippen LogP contribution in [0.25, 0.3) is 22.1 Å². The Labute approximate surface area is 246 Å². The number of furan rings is 1. The molecule has 2 heterocycles. The number of benzene rings is 3. The van der Waals surface area contributed by atoms with Gasteiger partial charge in [-0.1, -0.05) is 61.9 Å². The molecule has 10 heteroatoms. The van der Waals surface area contributed by atoms with Crippen LogP contribution in [0.4, 0.5) is 13.2 Å². The molecule has 7 nitrogen and oxygen atoms in total. The third-order valence-electron chi connectivity index (χ3n) is 7.51. The van der Waals surface area contributed by atoms with Gasteiger partial charge >= 0.3 is 6.18 Å². The van der Waals surface area contributed by atoms with Crippen LogP contribution >= 0.6 is 0 Å². The molecule has 1 atom stereocenters. The second-order valence-corrected chi connectivity index (χ2v) is 11.0. The van der Waals surface area contributed by atoms with Crippen molar-refractivity contribution in [1.82, 2.24) is 14.5 Å². The number of rotatable bonds is 9. The second kappa shape index (κ2) is 12.0. The standard InChI is InChI=1S/C33H33F3N4O3/c1-20(2)28(39(17-7-16-37)31(41)23-12-10-21(3)11-13-23)30-38-27-25-18-24(33(34,35)36)14-15-26(25)43-29(27)32(42)40(30)19-22-8-5-4-6-9-22/h4-6,8-15,18,20,28H,7,16-17,19,37H2,1-3H3. The minimum atomic E-state index is -4.59. The van der Waals surface area contributed by atoms with E-state index in [1.54, 1.807) is 17.0 Å². The van der Waals surface area contributed by atoms with Crippen molar-refractivity contribution in [3.05, 3.63) is 111 Å². The summed E-state index contributed by atoms with van der Waals surface area (Å²) in [5.41, 5.74) is 6.72. The maximum Gasteiger partial charge on any atom is 0.416 e. The third-order valence-corrected chi connectivity index (χ3v) is 7.51. The Kier molecular flexibility index (Phi) is 8.41. The molecule has 2 N–H and O–H groups in total. The van der Waals surface area contributed by atoms with E-state index < -0.39 is 23.3 Å². The van der Waals surface area contributed by atoms with Crippen molar-refractivity contribution in [3.8, 4) is 0 Å². The molecule has 224 valence electrons. The average molecular weight is 591 g/mol. The summed E-state index contributed by atoms with van der Waals surface area (Å²) in [6.45, 7) is 6.50. The van der Waals surface area contributed by atoms with Crippen LogP contribution in [-0.4, -0.2) is 33.4 Å². The van der Waals surface area contributed by atoms with E-state index in [2.05, 4.69) is 0 Å². The van der Waals surface area contributed by atoms with E-state index in [1.165, 1.54) is 10.6 Å². The quantitative estimate of drug-likeness (QED) is 0.206. The van der Waals surface area contributed by atoms with Gasteiger partial charge in [-0.3, -0.25) is 14.2 Å². The van der Waals surface area contributed by atoms with Crippen molar-refractivity contribution in [1.29, 1.82) is 0 Å². The maximum atomic E-state index is 14.1. The number of aryl methyl sites for hydroxylation is 1. The van der Waals surface area contributed by atoms with E-state index in [4.69, 9.17) is 15.1 Å². The van der Waals surface area contributed by atoms with Gasteiger partial charge in [0.1, 0.15) is 16.9 Å². The zero-order chi connectivity index (χ0) is 30.9. The first-order valence-corrected chi connectivity index (χ1v) is 14.2. The molecule has 5 rings (SSSR count). The number of hydrogen-bond donors (Lipinski definition) is 1. The number of carbonyl (C=O) groups is 1. The maximum absolute atomic E-state index is 14.1. The molecule has 0 spiro atoms. The van der Waals surface area contributed by atoms with E-state index in [0.29, 0.717) is 18.5 Å². The Bertz CT molecular complexity index is 1810. The fourth-order valence-electron chi connectivity index (χ4n) is 5.35. The number of halogens is 3. The van der Waals surface area contributed by atoms with Gasteiger partial charge in [0.2, 0.25) is 5.58 Å². The lowest BCUT2D eigenvalue weighted by molar-refractivity contribution is -0.137. The highest BCUT2D eigenvalue weighted by Gasteiger charge is 2.35. The van der Waals surface area contributed by atoms with Crippen molar-refractivity contribution in [2.45, 2.75) is 46.0 Å². The number of aromatic nitrogens is 2. The highest BCUT2D eigenvalue weighted by atomic mass is 19.4. The third kappa shape index (κ3) is 6.06. The van der Waals surface area contributed by atoms with Crippen molar-refractivity contribution in [2.75, 3.05) is 13.1 Å². The Balaban J connectivity index is 1.78. The van der Waals surface area contributed by atoms with Crippen molar-refractivity contribution in [2.24, 2.45) is 11.7 Å². The molecule has 0 aliphatic heterocycles. The largest absolute Gasteiger partial charge is 0.448 e. The van der Waals surface area contributed by atoms with Crippen LogP contribution in [0.2, 0.25) is 0 Å². The molecule has 3 aromatic carbocycles. The summed E-state index contributed by atoms with van der Waals surface area (Å²) in [5.74, 6) is -0.236. The van der Waals surface area contributed by atoms with E-state index in [9.17, 15) is 22.8 Å². The number of carbonyl (C=O) groups excluding carboxylic acids is 1. The van der Waals surface area contributed by atoms with Crippen LogP contribution < -0.4 is 11.3 Å². The Morgan fingerprint density at radius 1 is 1.05 bits per heavy atom. The Morgan fingerprint density at radius 2 is 1.74 bits per heavy atom. The first kappa shape index (κ1) is 30.0. The minimum Gasteiger partial charge on any atom is -0.448 e. The average Bonchev–Trinajstić information content (AvgIpc) is 3.35. The summed E-state index contributed by atoms with van der Waals surface area (Å²) in [4.78, 5) is 34.7. The Hall–Kier alpha value is -4.44. The summed E-state index contributed by atoms with van der Waals surface area (Å²) < 4.78 is 48.2. The number of fused-ring (bicyclic) bond motifs is 3. The molecule has 0 aliphatic carbocycles. The smallest absolute Gasteiger partial charge is 0.416 e. The molecular weight excluding hydrogens is 557 g/mol. The predicted molar refractivity (Wildman–Crippen MR) is 160 cm³/mol. The fourth-order valence-corrected chi connectivity index (χ4v) is 5.35. The number of nitrogens with two attached hydrogens (primary N) is 1. The minimum absolute atomic E-state index is 0.0256. The number of hydrogen-bond acceptors (Lipinski definition) is 5. The molecule has 1 unspecified atom stereocenters. The lowest BCUT2D eigenvalue weighted by atomic mass is 9.98. The highest BCUT2D eigenvalue weighted by molar-refractivity contribution is 6.02. The summed E-state index contributed by atoms with van der Waals surface area (Å²) in [6.07, 6.45) is -4.10. The fraction of sp³-hybridized carbons (Fsp3) is 0.303. The van der Waals surface area contributed by atoms with Gasteiger partial charge in [0.15, 0.2) is 0 Å². The number of alkyl halides is 3. The van der Waals surface area contributed by atoms with E-state index in [0.717, 1.165) is 23.3 Å². The van der Waals surface area contributed by atoms with Gasteiger partial charge in [0.05, 0.1) is 18.2 Å². The topological polar surface area (TPSA) is 94.4 Å². The summed E-state index contributed by atoms with van der Waals surface area (Å²) in [5, 5.41) is 0.0795. The van der Waals surface area contributed by atoms with Crippen LogP contribution in [0.3, 0.4) is 0 Å². The number of amides is 1. The lowest BCUT2D eigenvalue weighted by Gasteiger charge is -2.35. The molecule has 0 saturated heterocycles. The van der Waals surface area contributed by atoms with Crippen LogP contribution in [0, 0.1) is 12.8 Å². The first-order valence-electron chi connectivity index (χ1n) is 14.2. The van der Waals surface area contributed by atoms with Crippen molar-refractivity contribution < 1.29 is 22.4 Å². The highest BCUT2D eigenvalue weighted by Crippen LogP contribution is 2.36. The molecule has 5 aromatic rings. The molecule has 43 heavy (non-hydrogen) atoms. The molecule has 2 aromatic heterocycles. The SMILES string of the molecule is Cc1ccc(C(=O)N(CCCN)C(c2nc3c(oc4ccc(C(F)(F)F)cc43)c(=O)n2Cc2ccccc2)C(C)C)cc1. The summed E-state index contributed by atoms with van der Waals surface area (Å²) in [6, 6.07) is 18.8. The van der Waals surface area contributed by atoms with Gasteiger partial charge in [-0.15, -0.1) is 0 Å².